The zero-order valence-corrected chi connectivity index (χ0v) is 13.5. The van der Waals surface area contributed by atoms with E-state index in [0.717, 1.165) is 38.2 Å². The lowest BCUT2D eigenvalue weighted by Crippen LogP contribution is -2.57. The van der Waals surface area contributed by atoms with Gasteiger partial charge in [0.05, 0.1) is 0 Å². The van der Waals surface area contributed by atoms with E-state index in [4.69, 9.17) is 0 Å². The molecule has 2 aliphatic heterocycles. The van der Waals surface area contributed by atoms with E-state index in [-0.39, 0.29) is 5.91 Å². The fourth-order valence-electron chi connectivity index (χ4n) is 3.82. The van der Waals surface area contributed by atoms with Crippen molar-refractivity contribution >= 4 is 5.91 Å². The molecular weight excluding hydrogens is 284 g/mol. The maximum atomic E-state index is 12.8. The SMILES string of the molecule is Cc1ccc2c(c1)C(=O)N1CCN(Cc3ccccc3)CC1C2. The first-order valence-electron chi connectivity index (χ1n) is 8.37. The van der Waals surface area contributed by atoms with Crippen molar-refractivity contribution < 1.29 is 4.79 Å². The average Bonchev–Trinajstić information content (AvgIpc) is 2.57. The first kappa shape index (κ1) is 14.5. The number of carbonyl (C=O) groups excluding carboxylic acids is 1. The van der Waals surface area contributed by atoms with Crippen molar-refractivity contribution in [2.24, 2.45) is 0 Å². The van der Waals surface area contributed by atoms with Crippen molar-refractivity contribution in [1.82, 2.24) is 9.80 Å². The standard InChI is InChI=1S/C20H22N2O/c1-15-7-8-17-12-18-14-21(13-16-5-3-2-4-6-16)9-10-22(18)20(23)19(17)11-15/h2-8,11,18H,9-10,12-14H2,1H3. The van der Waals surface area contributed by atoms with Crippen molar-refractivity contribution in [2.45, 2.75) is 25.9 Å². The fraction of sp³-hybridized carbons (Fsp3) is 0.350. The number of amides is 1. The molecule has 3 heteroatoms. The minimum Gasteiger partial charge on any atom is -0.333 e. The van der Waals surface area contributed by atoms with Crippen LogP contribution in [0.15, 0.2) is 48.5 Å². The van der Waals surface area contributed by atoms with Gasteiger partial charge in [-0.05, 0) is 30.5 Å². The van der Waals surface area contributed by atoms with E-state index in [1.165, 1.54) is 16.7 Å². The Hall–Kier alpha value is -2.13. The van der Waals surface area contributed by atoms with Crippen LogP contribution in [0.5, 0.6) is 0 Å². The Bertz CT molecular complexity index is 726. The van der Waals surface area contributed by atoms with E-state index >= 15 is 0 Å². The van der Waals surface area contributed by atoms with Crippen LogP contribution in [0.2, 0.25) is 0 Å². The van der Waals surface area contributed by atoms with Crippen molar-refractivity contribution in [3.63, 3.8) is 0 Å². The molecular formula is C20H22N2O. The molecule has 1 fully saturated rings. The number of nitrogens with zero attached hydrogens (tertiary/aromatic N) is 2. The van der Waals surface area contributed by atoms with E-state index in [0.29, 0.717) is 6.04 Å². The zero-order valence-electron chi connectivity index (χ0n) is 13.5. The first-order valence-corrected chi connectivity index (χ1v) is 8.37. The second-order valence-corrected chi connectivity index (χ2v) is 6.74. The molecule has 23 heavy (non-hydrogen) atoms. The van der Waals surface area contributed by atoms with Gasteiger partial charge in [-0.1, -0.05) is 48.0 Å². The van der Waals surface area contributed by atoms with Crippen LogP contribution in [0, 0.1) is 6.92 Å². The van der Waals surface area contributed by atoms with E-state index in [2.05, 4.69) is 59.2 Å². The molecule has 1 unspecified atom stereocenters. The summed E-state index contributed by atoms with van der Waals surface area (Å²) in [7, 11) is 0. The summed E-state index contributed by atoms with van der Waals surface area (Å²) < 4.78 is 0. The minimum atomic E-state index is 0.222. The molecule has 4 rings (SSSR count). The molecule has 0 aliphatic carbocycles. The molecule has 0 radical (unpaired) electrons. The van der Waals surface area contributed by atoms with Gasteiger partial charge in [-0.25, -0.2) is 0 Å². The highest BCUT2D eigenvalue weighted by Gasteiger charge is 2.36. The van der Waals surface area contributed by atoms with Gasteiger partial charge in [0.15, 0.2) is 0 Å². The molecule has 0 spiro atoms. The van der Waals surface area contributed by atoms with Crippen LogP contribution in [-0.4, -0.2) is 41.4 Å². The maximum Gasteiger partial charge on any atom is 0.254 e. The van der Waals surface area contributed by atoms with Crippen molar-refractivity contribution in [2.75, 3.05) is 19.6 Å². The summed E-state index contributed by atoms with van der Waals surface area (Å²) in [5, 5.41) is 0. The van der Waals surface area contributed by atoms with Gasteiger partial charge in [0.25, 0.3) is 5.91 Å². The van der Waals surface area contributed by atoms with Gasteiger partial charge < -0.3 is 4.90 Å². The van der Waals surface area contributed by atoms with E-state index in [1.54, 1.807) is 0 Å². The van der Waals surface area contributed by atoms with Crippen LogP contribution in [0.1, 0.15) is 27.0 Å². The highest BCUT2D eigenvalue weighted by molar-refractivity contribution is 5.97. The normalized spacial score (nSPS) is 21.0. The molecule has 1 saturated heterocycles. The predicted octanol–water partition coefficient (Wildman–Crippen LogP) is 2.88. The van der Waals surface area contributed by atoms with Crippen molar-refractivity contribution in [1.29, 1.82) is 0 Å². The molecule has 2 aliphatic rings. The first-order chi connectivity index (χ1) is 11.2. The third-order valence-electron chi connectivity index (χ3n) is 5.03. The summed E-state index contributed by atoms with van der Waals surface area (Å²) >= 11 is 0. The lowest BCUT2D eigenvalue weighted by atomic mass is 9.90. The van der Waals surface area contributed by atoms with Gasteiger partial charge in [-0.15, -0.1) is 0 Å². The molecule has 0 bridgehead atoms. The Morgan fingerprint density at radius 2 is 1.91 bits per heavy atom. The topological polar surface area (TPSA) is 23.6 Å². The molecule has 1 amide bonds. The predicted molar refractivity (Wildman–Crippen MR) is 91.4 cm³/mol. The summed E-state index contributed by atoms with van der Waals surface area (Å²) in [6.45, 7) is 5.79. The molecule has 2 aromatic rings. The minimum absolute atomic E-state index is 0.222. The largest absolute Gasteiger partial charge is 0.333 e. The summed E-state index contributed by atoms with van der Waals surface area (Å²) in [6, 6.07) is 17.2. The molecule has 0 aromatic heterocycles. The Balaban J connectivity index is 1.52. The Kier molecular flexibility index (Phi) is 3.66. The molecule has 3 nitrogen and oxygen atoms in total. The van der Waals surface area contributed by atoms with Gasteiger partial charge in [-0.2, -0.15) is 0 Å². The molecule has 1 atom stereocenters. The number of hydrogen-bond acceptors (Lipinski definition) is 2. The molecule has 2 heterocycles. The second-order valence-electron chi connectivity index (χ2n) is 6.74. The van der Waals surface area contributed by atoms with Crippen LogP contribution in [0.4, 0.5) is 0 Å². The Morgan fingerprint density at radius 3 is 2.74 bits per heavy atom. The van der Waals surface area contributed by atoms with Crippen LogP contribution in [0.3, 0.4) is 0 Å². The summed E-state index contributed by atoms with van der Waals surface area (Å²) in [5.74, 6) is 0.222. The lowest BCUT2D eigenvalue weighted by Gasteiger charge is -2.44. The van der Waals surface area contributed by atoms with Crippen LogP contribution >= 0.6 is 0 Å². The quantitative estimate of drug-likeness (QED) is 0.852. The molecule has 0 N–H and O–H groups in total. The van der Waals surface area contributed by atoms with Gasteiger partial charge >= 0.3 is 0 Å². The van der Waals surface area contributed by atoms with Gasteiger partial charge in [0, 0.05) is 37.8 Å². The van der Waals surface area contributed by atoms with Crippen molar-refractivity contribution in [3.8, 4) is 0 Å². The monoisotopic (exact) mass is 306 g/mol. The Morgan fingerprint density at radius 1 is 1.09 bits per heavy atom. The number of benzene rings is 2. The van der Waals surface area contributed by atoms with Gasteiger partial charge in [0.1, 0.15) is 0 Å². The molecule has 0 saturated carbocycles. The average molecular weight is 306 g/mol. The van der Waals surface area contributed by atoms with E-state index in [9.17, 15) is 4.79 Å². The molecule has 2 aromatic carbocycles. The van der Waals surface area contributed by atoms with E-state index in [1.807, 2.05) is 6.07 Å². The highest BCUT2D eigenvalue weighted by Crippen LogP contribution is 2.27. The summed E-state index contributed by atoms with van der Waals surface area (Å²) in [5.41, 5.74) is 4.64. The third-order valence-corrected chi connectivity index (χ3v) is 5.03. The Labute approximate surface area is 137 Å². The van der Waals surface area contributed by atoms with Gasteiger partial charge in [0.2, 0.25) is 0 Å². The summed E-state index contributed by atoms with van der Waals surface area (Å²) in [4.78, 5) is 17.3. The third kappa shape index (κ3) is 2.77. The lowest BCUT2D eigenvalue weighted by molar-refractivity contribution is 0.0401. The molecule has 118 valence electrons. The number of rotatable bonds is 2. The number of carbonyl (C=O) groups is 1. The van der Waals surface area contributed by atoms with Crippen molar-refractivity contribution in [3.05, 3.63) is 70.8 Å². The van der Waals surface area contributed by atoms with Gasteiger partial charge in [-0.3, -0.25) is 9.69 Å². The maximum absolute atomic E-state index is 12.8. The van der Waals surface area contributed by atoms with Crippen LogP contribution in [-0.2, 0) is 13.0 Å². The number of piperazine rings is 1. The number of aryl methyl sites for hydroxylation is 1. The smallest absolute Gasteiger partial charge is 0.254 e. The van der Waals surface area contributed by atoms with Crippen LogP contribution in [0.25, 0.3) is 0 Å². The van der Waals surface area contributed by atoms with Crippen LogP contribution < -0.4 is 0 Å². The second kappa shape index (κ2) is 5.82. The summed E-state index contributed by atoms with van der Waals surface area (Å²) in [6.07, 6.45) is 0.979. The highest BCUT2D eigenvalue weighted by atomic mass is 16.2. The zero-order chi connectivity index (χ0) is 15.8. The fourth-order valence-corrected chi connectivity index (χ4v) is 3.82. The number of fused-ring (bicyclic) bond motifs is 2. The number of hydrogen-bond donors (Lipinski definition) is 0. The van der Waals surface area contributed by atoms with E-state index < -0.39 is 0 Å².